The largest absolute Gasteiger partial charge is 0.481 e. The van der Waals surface area contributed by atoms with Gasteiger partial charge in [0.2, 0.25) is 5.88 Å². The van der Waals surface area contributed by atoms with Crippen molar-refractivity contribution in [2.24, 2.45) is 0 Å². The molecule has 162 valence electrons. The number of hydrogen-bond donors (Lipinski definition) is 2. The Morgan fingerprint density at radius 1 is 1.24 bits per heavy atom. The number of hydrogen-bond acceptors (Lipinski definition) is 8. The molecule has 2 rings (SSSR count). The molecule has 1 aromatic heterocycles. The van der Waals surface area contributed by atoms with Crippen molar-refractivity contribution in [2.75, 3.05) is 44.0 Å². The van der Waals surface area contributed by atoms with Crippen LogP contribution in [0, 0.1) is 0 Å². The van der Waals surface area contributed by atoms with E-state index in [4.69, 9.17) is 14.2 Å². The van der Waals surface area contributed by atoms with Gasteiger partial charge in [0.15, 0.2) is 5.82 Å². The molecule has 2 heterocycles. The number of nitrogens with one attached hydrogen (secondary N) is 2. The minimum atomic E-state index is -0.504. The highest BCUT2D eigenvalue weighted by Crippen LogP contribution is 2.26. The summed E-state index contributed by atoms with van der Waals surface area (Å²) in [5.74, 6) is 0.740. The summed E-state index contributed by atoms with van der Waals surface area (Å²) in [6, 6.07) is 3.67. The molecule has 1 aliphatic rings. The fourth-order valence-corrected chi connectivity index (χ4v) is 2.91. The summed E-state index contributed by atoms with van der Waals surface area (Å²) in [6.45, 7) is 8.93. The maximum atomic E-state index is 12.2. The molecule has 1 aliphatic heterocycles. The van der Waals surface area contributed by atoms with E-state index in [1.54, 1.807) is 25.0 Å². The Balaban J connectivity index is 1.97. The van der Waals surface area contributed by atoms with E-state index in [2.05, 4.69) is 15.6 Å². The van der Waals surface area contributed by atoms with Crippen LogP contribution in [-0.4, -0.2) is 66.9 Å². The van der Waals surface area contributed by atoms with Crippen LogP contribution in [0.5, 0.6) is 5.88 Å². The summed E-state index contributed by atoms with van der Waals surface area (Å²) in [6.07, 6.45) is 1.23. The van der Waals surface area contributed by atoms with E-state index < -0.39 is 5.60 Å². The number of methoxy groups -OCH3 is 1. The fourth-order valence-electron chi connectivity index (χ4n) is 2.91. The van der Waals surface area contributed by atoms with Gasteiger partial charge in [0.25, 0.3) is 0 Å². The molecule has 0 atom stereocenters. The highest BCUT2D eigenvalue weighted by molar-refractivity contribution is 5.77. The number of rotatable bonds is 7. The minimum Gasteiger partial charge on any atom is -0.481 e. The normalized spacial score (nSPS) is 14.9. The molecule has 0 spiro atoms. The smallest absolute Gasteiger partial charge is 0.410 e. The Hall–Kier alpha value is -2.71. The van der Waals surface area contributed by atoms with E-state index >= 15 is 0 Å². The van der Waals surface area contributed by atoms with Crippen LogP contribution in [0.25, 0.3) is 0 Å². The van der Waals surface area contributed by atoms with E-state index in [1.165, 1.54) is 0 Å². The van der Waals surface area contributed by atoms with Crippen molar-refractivity contribution in [3.05, 3.63) is 12.1 Å². The lowest BCUT2D eigenvalue weighted by Gasteiger charge is -2.34. The summed E-state index contributed by atoms with van der Waals surface area (Å²) in [5, 5.41) is 6.45. The van der Waals surface area contributed by atoms with Crippen LogP contribution in [0.3, 0.4) is 0 Å². The second kappa shape index (κ2) is 10.2. The third-order valence-corrected chi connectivity index (χ3v) is 4.29. The average molecular weight is 408 g/mol. The van der Waals surface area contributed by atoms with Crippen LogP contribution >= 0.6 is 0 Å². The van der Waals surface area contributed by atoms with Gasteiger partial charge in [0.1, 0.15) is 12.1 Å². The van der Waals surface area contributed by atoms with Crippen LogP contribution in [0.2, 0.25) is 0 Å². The van der Waals surface area contributed by atoms with Crippen molar-refractivity contribution in [3.8, 4) is 5.88 Å². The number of aromatic nitrogens is 1. The molecule has 0 aromatic carbocycles. The molecule has 1 saturated heterocycles. The zero-order chi connectivity index (χ0) is 21.4. The zero-order valence-corrected chi connectivity index (χ0v) is 17.9. The monoisotopic (exact) mass is 408 g/mol. The number of carbonyl (C=O) groups excluding carboxylic acids is 2. The first kappa shape index (κ1) is 22.6. The SMILES string of the molecule is CCOC(=O)CNc1ccc(OC)nc1NC1CCN(C(=O)OC(C)(C)C)CC1. The highest BCUT2D eigenvalue weighted by atomic mass is 16.6. The first-order valence-electron chi connectivity index (χ1n) is 9.91. The van der Waals surface area contributed by atoms with Gasteiger partial charge in [-0.2, -0.15) is 4.98 Å². The second-order valence-electron chi connectivity index (χ2n) is 7.79. The van der Waals surface area contributed by atoms with Crippen LogP contribution in [0.15, 0.2) is 12.1 Å². The number of pyridine rings is 1. The lowest BCUT2D eigenvalue weighted by atomic mass is 10.1. The highest BCUT2D eigenvalue weighted by Gasteiger charge is 2.27. The lowest BCUT2D eigenvalue weighted by molar-refractivity contribution is -0.140. The third-order valence-electron chi connectivity index (χ3n) is 4.29. The zero-order valence-electron chi connectivity index (χ0n) is 17.9. The van der Waals surface area contributed by atoms with Gasteiger partial charge in [-0.05, 0) is 46.6 Å². The van der Waals surface area contributed by atoms with Gasteiger partial charge in [-0.25, -0.2) is 4.79 Å². The molecule has 0 bridgehead atoms. The quantitative estimate of drug-likeness (QED) is 0.664. The number of amides is 1. The molecular formula is C20H32N4O5. The lowest BCUT2D eigenvalue weighted by Crippen LogP contribution is -2.44. The molecule has 1 aromatic rings. The average Bonchev–Trinajstić information content (AvgIpc) is 2.66. The van der Waals surface area contributed by atoms with Crippen LogP contribution in [-0.2, 0) is 14.3 Å². The van der Waals surface area contributed by atoms with Crippen molar-refractivity contribution in [1.82, 2.24) is 9.88 Å². The number of piperidine rings is 1. The summed E-state index contributed by atoms with van der Waals surface area (Å²) >= 11 is 0. The third kappa shape index (κ3) is 7.32. The first-order chi connectivity index (χ1) is 13.7. The van der Waals surface area contributed by atoms with Gasteiger partial charge < -0.3 is 29.7 Å². The topological polar surface area (TPSA) is 102 Å². The van der Waals surface area contributed by atoms with Crippen molar-refractivity contribution in [2.45, 2.75) is 52.2 Å². The van der Waals surface area contributed by atoms with Crippen LogP contribution < -0.4 is 15.4 Å². The molecule has 29 heavy (non-hydrogen) atoms. The van der Waals surface area contributed by atoms with Crippen molar-refractivity contribution < 1.29 is 23.8 Å². The second-order valence-corrected chi connectivity index (χ2v) is 7.79. The number of esters is 1. The predicted octanol–water partition coefficient (Wildman–Crippen LogP) is 2.88. The summed E-state index contributed by atoms with van der Waals surface area (Å²) in [4.78, 5) is 30.0. The molecule has 2 N–H and O–H groups in total. The Labute approximate surface area is 172 Å². The molecule has 1 fully saturated rings. The summed E-state index contributed by atoms with van der Waals surface area (Å²) in [7, 11) is 1.55. The maximum Gasteiger partial charge on any atom is 0.410 e. The summed E-state index contributed by atoms with van der Waals surface area (Å²) < 4.78 is 15.6. The van der Waals surface area contributed by atoms with E-state index in [0.717, 1.165) is 12.8 Å². The van der Waals surface area contributed by atoms with Gasteiger partial charge >= 0.3 is 12.1 Å². The Morgan fingerprint density at radius 2 is 1.93 bits per heavy atom. The fraction of sp³-hybridized carbons (Fsp3) is 0.650. The number of likely N-dealkylation sites (tertiary alicyclic amines) is 1. The van der Waals surface area contributed by atoms with Gasteiger partial charge in [0.05, 0.1) is 19.4 Å². The van der Waals surface area contributed by atoms with Gasteiger partial charge in [-0.15, -0.1) is 0 Å². The van der Waals surface area contributed by atoms with Crippen molar-refractivity contribution >= 4 is 23.6 Å². The molecule has 9 heteroatoms. The maximum absolute atomic E-state index is 12.2. The Morgan fingerprint density at radius 3 is 2.52 bits per heavy atom. The molecule has 0 unspecified atom stereocenters. The van der Waals surface area contributed by atoms with E-state index in [-0.39, 0.29) is 24.6 Å². The van der Waals surface area contributed by atoms with E-state index in [1.807, 2.05) is 26.8 Å². The molecule has 0 radical (unpaired) electrons. The summed E-state index contributed by atoms with van der Waals surface area (Å²) in [5.41, 5.74) is 0.185. The Bertz CT molecular complexity index is 697. The van der Waals surface area contributed by atoms with Gasteiger partial charge in [-0.1, -0.05) is 0 Å². The number of carbonyl (C=O) groups is 2. The van der Waals surface area contributed by atoms with Crippen LogP contribution in [0.4, 0.5) is 16.3 Å². The molecular weight excluding hydrogens is 376 g/mol. The van der Waals surface area contributed by atoms with E-state index in [0.29, 0.717) is 37.1 Å². The van der Waals surface area contributed by atoms with Gasteiger partial charge in [-0.3, -0.25) is 4.79 Å². The molecule has 9 nitrogen and oxygen atoms in total. The molecule has 1 amide bonds. The number of nitrogens with zero attached hydrogens (tertiary/aromatic N) is 2. The standard InChI is InChI=1S/C20H32N4O5/c1-6-28-17(25)13-21-15-7-8-16(27-5)23-18(15)22-14-9-11-24(12-10-14)19(26)29-20(2,3)4/h7-8,14,21H,6,9-13H2,1-5H3,(H,22,23). The van der Waals surface area contributed by atoms with Crippen molar-refractivity contribution in [1.29, 1.82) is 0 Å². The van der Waals surface area contributed by atoms with Gasteiger partial charge in [0, 0.05) is 25.2 Å². The predicted molar refractivity (Wildman–Crippen MR) is 110 cm³/mol. The molecule has 0 saturated carbocycles. The van der Waals surface area contributed by atoms with E-state index in [9.17, 15) is 9.59 Å². The van der Waals surface area contributed by atoms with Crippen LogP contribution in [0.1, 0.15) is 40.5 Å². The number of anilines is 2. The number of ether oxygens (including phenoxy) is 3. The molecule has 0 aliphatic carbocycles. The minimum absolute atomic E-state index is 0.0492. The Kier molecular flexibility index (Phi) is 7.92. The van der Waals surface area contributed by atoms with Crippen molar-refractivity contribution in [3.63, 3.8) is 0 Å². The first-order valence-corrected chi connectivity index (χ1v) is 9.91.